The molecule has 1 N–H and O–H groups in total. The summed E-state index contributed by atoms with van der Waals surface area (Å²) < 4.78 is 0. The van der Waals surface area contributed by atoms with E-state index in [4.69, 9.17) is 5.53 Å². The molecule has 2 rings (SSSR count). The smallest absolute Gasteiger partial charge is 0.0544 e. The summed E-state index contributed by atoms with van der Waals surface area (Å²) in [5.74, 6) is 0.617. The number of aromatic amines is 1. The van der Waals surface area contributed by atoms with Gasteiger partial charge in [-0.3, -0.25) is 5.10 Å². The van der Waals surface area contributed by atoms with Gasteiger partial charge in [-0.2, -0.15) is 5.10 Å². The summed E-state index contributed by atoms with van der Waals surface area (Å²) in [7, 11) is 0. The maximum atomic E-state index is 8.19. The SMILES string of the molecule is [N-]=[N+]=NCc1cn[nH]c1C1CCC1. The van der Waals surface area contributed by atoms with Crippen LogP contribution in [0.15, 0.2) is 11.3 Å². The van der Waals surface area contributed by atoms with Crippen LogP contribution in [0.4, 0.5) is 0 Å². The van der Waals surface area contributed by atoms with Crippen LogP contribution in [0.25, 0.3) is 10.4 Å². The van der Waals surface area contributed by atoms with Gasteiger partial charge >= 0.3 is 0 Å². The van der Waals surface area contributed by atoms with E-state index in [1.165, 1.54) is 25.0 Å². The van der Waals surface area contributed by atoms with Crippen LogP contribution >= 0.6 is 0 Å². The lowest BCUT2D eigenvalue weighted by Crippen LogP contribution is -2.10. The lowest BCUT2D eigenvalue weighted by Gasteiger charge is -2.24. The molecular weight excluding hydrogens is 166 g/mol. The minimum absolute atomic E-state index is 0.416. The van der Waals surface area contributed by atoms with Crippen molar-refractivity contribution < 1.29 is 0 Å². The molecule has 1 aromatic rings. The molecule has 1 aromatic heterocycles. The van der Waals surface area contributed by atoms with E-state index in [1.807, 2.05) is 0 Å². The van der Waals surface area contributed by atoms with Crippen molar-refractivity contribution in [3.63, 3.8) is 0 Å². The Balaban J connectivity index is 2.14. The highest BCUT2D eigenvalue weighted by Gasteiger charge is 2.23. The number of H-pyrrole nitrogens is 1. The number of hydrogen-bond donors (Lipinski definition) is 1. The maximum Gasteiger partial charge on any atom is 0.0544 e. The third kappa shape index (κ3) is 1.51. The van der Waals surface area contributed by atoms with Gasteiger partial charge in [-0.25, -0.2) is 0 Å². The van der Waals surface area contributed by atoms with Gasteiger partial charge in [0.15, 0.2) is 0 Å². The van der Waals surface area contributed by atoms with Crippen LogP contribution in [0.3, 0.4) is 0 Å². The molecule has 0 radical (unpaired) electrons. The van der Waals surface area contributed by atoms with Gasteiger partial charge in [-0.1, -0.05) is 11.5 Å². The van der Waals surface area contributed by atoms with Crippen molar-refractivity contribution in [1.29, 1.82) is 0 Å². The minimum Gasteiger partial charge on any atom is -0.282 e. The molecule has 0 saturated heterocycles. The molecule has 5 heteroatoms. The standard InChI is InChI=1S/C8H11N5/c9-13-11-5-7-4-10-12-8(7)6-2-1-3-6/h4,6H,1-3,5H2,(H,10,12). The molecule has 5 nitrogen and oxygen atoms in total. The quantitative estimate of drug-likeness (QED) is 0.429. The van der Waals surface area contributed by atoms with Crippen molar-refractivity contribution in [2.45, 2.75) is 31.7 Å². The largest absolute Gasteiger partial charge is 0.282 e. The molecule has 0 unspecified atom stereocenters. The number of aromatic nitrogens is 2. The van der Waals surface area contributed by atoms with Crippen LogP contribution in [0, 0.1) is 0 Å². The van der Waals surface area contributed by atoms with Gasteiger partial charge in [0.05, 0.1) is 12.7 Å². The van der Waals surface area contributed by atoms with Gasteiger partial charge in [-0.05, 0) is 23.9 Å². The lowest BCUT2D eigenvalue weighted by molar-refractivity contribution is 0.408. The molecule has 68 valence electrons. The van der Waals surface area contributed by atoms with Crippen molar-refractivity contribution in [3.8, 4) is 0 Å². The third-order valence-corrected chi connectivity index (χ3v) is 2.57. The van der Waals surface area contributed by atoms with Gasteiger partial charge < -0.3 is 0 Å². The second-order valence-electron chi connectivity index (χ2n) is 3.33. The van der Waals surface area contributed by atoms with E-state index in [0.717, 1.165) is 5.56 Å². The summed E-state index contributed by atoms with van der Waals surface area (Å²) in [6.07, 6.45) is 5.50. The number of nitrogens with zero attached hydrogens (tertiary/aromatic N) is 4. The summed E-state index contributed by atoms with van der Waals surface area (Å²) in [4.78, 5) is 2.74. The van der Waals surface area contributed by atoms with Crippen molar-refractivity contribution in [2.75, 3.05) is 0 Å². The van der Waals surface area contributed by atoms with Crippen molar-refractivity contribution >= 4 is 0 Å². The zero-order valence-electron chi connectivity index (χ0n) is 7.27. The normalized spacial score (nSPS) is 16.3. The number of azide groups is 1. The summed E-state index contributed by atoms with van der Waals surface area (Å²) in [5, 5.41) is 10.5. The Kier molecular flexibility index (Phi) is 2.19. The molecule has 1 aliphatic rings. The first-order valence-corrected chi connectivity index (χ1v) is 4.45. The van der Waals surface area contributed by atoms with Crippen LogP contribution in [0.1, 0.15) is 36.4 Å². The summed E-state index contributed by atoms with van der Waals surface area (Å²) in [6, 6.07) is 0. The first kappa shape index (κ1) is 8.13. The Morgan fingerprint density at radius 1 is 1.69 bits per heavy atom. The monoisotopic (exact) mass is 177 g/mol. The Hall–Kier alpha value is -1.48. The van der Waals surface area contributed by atoms with E-state index < -0.39 is 0 Å². The van der Waals surface area contributed by atoms with Crippen molar-refractivity contribution in [2.24, 2.45) is 5.11 Å². The van der Waals surface area contributed by atoms with Gasteiger partial charge in [-0.15, -0.1) is 0 Å². The van der Waals surface area contributed by atoms with E-state index in [1.54, 1.807) is 6.20 Å². The van der Waals surface area contributed by atoms with E-state index in [-0.39, 0.29) is 0 Å². The molecule has 1 saturated carbocycles. The Morgan fingerprint density at radius 2 is 2.54 bits per heavy atom. The zero-order valence-corrected chi connectivity index (χ0v) is 7.27. The molecule has 1 heterocycles. The molecule has 1 aliphatic carbocycles. The highest BCUT2D eigenvalue weighted by molar-refractivity contribution is 5.22. The van der Waals surface area contributed by atoms with Gasteiger partial charge in [0.25, 0.3) is 0 Å². The predicted octanol–water partition coefficient (Wildman–Crippen LogP) is 2.49. The van der Waals surface area contributed by atoms with Crippen molar-refractivity contribution in [1.82, 2.24) is 10.2 Å². The number of rotatable bonds is 3. The molecule has 0 atom stereocenters. The lowest BCUT2D eigenvalue weighted by atomic mass is 9.82. The fourth-order valence-electron chi connectivity index (χ4n) is 1.61. The fraction of sp³-hybridized carbons (Fsp3) is 0.625. The number of nitrogens with one attached hydrogen (secondary N) is 1. The van der Waals surface area contributed by atoms with E-state index in [9.17, 15) is 0 Å². The summed E-state index contributed by atoms with van der Waals surface area (Å²) in [6.45, 7) is 0.416. The first-order chi connectivity index (χ1) is 6.42. The zero-order chi connectivity index (χ0) is 9.10. The molecule has 0 spiro atoms. The second-order valence-corrected chi connectivity index (χ2v) is 3.33. The molecule has 0 aromatic carbocycles. The number of hydrogen-bond acceptors (Lipinski definition) is 2. The van der Waals surface area contributed by atoms with Crippen LogP contribution in [-0.2, 0) is 6.54 Å². The minimum atomic E-state index is 0.416. The third-order valence-electron chi connectivity index (χ3n) is 2.57. The van der Waals surface area contributed by atoms with E-state index in [0.29, 0.717) is 12.5 Å². The van der Waals surface area contributed by atoms with Crippen LogP contribution in [0.5, 0.6) is 0 Å². The average molecular weight is 177 g/mol. The fourth-order valence-corrected chi connectivity index (χ4v) is 1.61. The Labute approximate surface area is 75.8 Å². The van der Waals surface area contributed by atoms with Crippen LogP contribution in [-0.4, -0.2) is 10.2 Å². The summed E-state index contributed by atoms with van der Waals surface area (Å²) in [5.41, 5.74) is 10.4. The summed E-state index contributed by atoms with van der Waals surface area (Å²) >= 11 is 0. The van der Waals surface area contributed by atoms with Gasteiger partial charge in [0.1, 0.15) is 0 Å². The Morgan fingerprint density at radius 3 is 3.15 bits per heavy atom. The maximum absolute atomic E-state index is 8.19. The van der Waals surface area contributed by atoms with E-state index in [2.05, 4.69) is 20.2 Å². The van der Waals surface area contributed by atoms with Crippen LogP contribution in [0.2, 0.25) is 0 Å². The topological polar surface area (TPSA) is 77.4 Å². The molecule has 0 aliphatic heterocycles. The highest BCUT2D eigenvalue weighted by Crippen LogP contribution is 2.36. The van der Waals surface area contributed by atoms with Gasteiger partial charge in [0.2, 0.25) is 0 Å². The Bertz CT molecular complexity index is 332. The molecule has 13 heavy (non-hydrogen) atoms. The van der Waals surface area contributed by atoms with Crippen molar-refractivity contribution in [3.05, 3.63) is 27.9 Å². The molecule has 0 bridgehead atoms. The predicted molar refractivity (Wildman–Crippen MR) is 48.0 cm³/mol. The van der Waals surface area contributed by atoms with Gasteiger partial charge in [0, 0.05) is 16.5 Å². The molecule has 0 amide bonds. The second kappa shape index (κ2) is 3.49. The first-order valence-electron chi connectivity index (χ1n) is 4.45. The highest BCUT2D eigenvalue weighted by atomic mass is 15.1. The van der Waals surface area contributed by atoms with Crippen LogP contribution < -0.4 is 0 Å². The molecular formula is C8H11N5. The molecule has 1 fully saturated rings. The van der Waals surface area contributed by atoms with E-state index >= 15 is 0 Å². The average Bonchev–Trinajstić information content (AvgIpc) is 2.46.